The summed E-state index contributed by atoms with van der Waals surface area (Å²) in [6, 6.07) is 10.4. The first kappa shape index (κ1) is 15.1. The Hall–Kier alpha value is -2.21. The number of rotatable bonds is 4. The van der Waals surface area contributed by atoms with Gasteiger partial charge in [0.05, 0.1) is 4.88 Å². The van der Waals surface area contributed by atoms with Gasteiger partial charge in [0.25, 0.3) is 0 Å². The molecule has 0 N–H and O–H groups in total. The number of thiazole rings is 1. The van der Waals surface area contributed by atoms with Gasteiger partial charge in [-0.2, -0.15) is 4.98 Å². The number of benzene rings is 1. The highest BCUT2D eigenvalue weighted by Gasteiger charge is 2.32. The Balaban J connectivity index is 1.33. The molecular formula is C19H20N4OS. The summed E-state index contributed by atoms with van der Waals surface area (Å²) in [5, 5.41) is 5.34. The molecule has 6 heteroatoms. The Morgan fingerprint density at radius 3 is 2.80 bits per heavy atom. The first-order valence-electron chi connectivity index (χ1n) is 8.96. The van der Waals surface area contributed by atoms with Crippen LogP contribution in [0.15, 0.2) is 41.1 Å². The van der Waals surface area contributed by atoms with E-state index in [1.165, 1.54) is 23.3 Å². The normalized spacial score (nSPS) is 20.8. The number of nitrogens with zero attached hydrogens (tertiary/aromatic N) is 4. The van der Waals surface area contributed by atoms with Gasteiger partial charge in [-0.1, -0.05) is 46.8 Å². The lowest BCUT2D eigenvalue weighted by Crippen LogP contribution is -2.34. The monoisotopic (exact) mass is 352 g/mol. The van der Waals surface area contributed by atoms with Gasteiger partial charge in [-0.05, 0) is 31.2 Å². The fourth-order valence-electron chi connectivity index (χ4n) is 3.42. The lowest BCUT2D eigenvalue weighted by molar-refractivity contribution is 0.366. The van der Waals surface area contributed by atoms with Crippen molar-refractivity contribution in [2.75, 3.05) is 18.0 Å². The average Bonchev–Trinajstić information content (AvgIpc) is 3.21. The maximum Gasteiger partial charge on any atom is 0.229 e. The summed E-state index contributed by atoms with van der Waals surface area (Å²) >= 11 is 1.76. The molecule has 1 aliphatic heterocycles. The zero-order valence-electron chi connectivity index (χ0n) is 14.0. The number of piperidine rings is 1. The maximum absolute atomic E-state index is 5.45. The van der Waals surface area contributed by atoms with E-state index in [2.05, 4.69) is 44.3 Å². The highest BCUT2D eigenvalue weighted by molar-refractivity contribution is 7.18. The predicted molar refractivity (Wildman–Crippen MR) is 98.0 cm³/mol. The molecule has 128 valence electrons. The topological polar surface area (TPSA) is 55.1 Å². The van der Waals surface area contributed by atoms with Crippen molar-refractivity contribution in [2.24, 2.45) is 0 Å². The number of aromatic nitrogens is 3. The molecule has 2 fully saturated rings. The molecule has 1 atom stereocenters. The average molecular weight is 352 g/mol. The Kier molecular flexibility index (Phi) is 3.77. The second-order valence-corrected chi connectivity index (χ2v) is 7.93. The molecule has 1 aliphatic carbocycles. The summed E-state index contributed by atoms with van der Waals surface area (Å²) < 4.78 is 5.45. The molecule has 0 radical (unpaired) electrons. The third-order valence-electron chi connectivity index (χ3n) is 4.99. The van der Waals surface area contributed by atoms with Gasteiger partial charge >= 0.3 is 0 Å². The van der Waals surface area contributed by atoms with Crippen molar-refractivity contribution in [1.29, 1.82) is 0 Å². The highest BCUT2D eigenvalue weighted by atomic mass is 32.1. The van der Waals surface area contributed by atoms with E-state index in [9.17, 15) is 0 Å². The summed E-state index contributed by atoms with van der Waals surface area (Å²) in [7, 11) is 0. The largest absolute Gasteiger partial charge is 0.347 e. The fourth-order valence-corrected chi connectivity index (χ4v) is 4.37. The van der Waals surface area contributed by atoms with Crippen LogP contribution in [0.5, 0.6) is 0 Å². The van der Waals surface area contributed by atoms with E-state index in [1.54, 1.807) is 11.3 Å². The van der Waals surface area contributed by atoms with E-state index >= 15 is 0 Å². The quantitative estimate of drug-likeness (QED) is 0.694. The Morgan fingerprint density at radius 1 is 1.08 bits per heavy atom. The van der Waals surface area contributed by atoms with Crippen LogP contribution in [0.4, 0.5) is 5.13 Å². The van der Waals surface area contributed by atoms with E-state index in [0.29, 0.717) is 11.8 Å². The third kappa shape index (κ3) is 3.06. The van der Waals surface area contributed by atoms with Gasteiger partial charge in [0.1, 0.15) is 0 Å². The molecule has 1 aromatic carbocycles. The molecule has 0 bridgehead atoms. The van der Waals surface area contributed by atoms with Crippen molar-refractivity contribution in [1.82, 2.24) is 15.1 Å². The van der Waals surface area contributed by atoms with Crippen molar-refractivity contribution in [2.45, 2.75) is 37.5 Å². The smallest absolute Gasteiger partial charge is 0.229 e. The van der Waals surface area contributed by atoms with Crippen molar-refractivity contribution in [3.8, 4) is 10.4 Å². The molecule has 2 aliphatic rings. The van der Waals surface area contributed by atoms with Crippen LogP contribution in [0.1, 0.15) is 49.2 Å². The van der Waals surface area contributed by atoms with Gasteiger partial charge in [-0.15, -0.1) is 0 Å². The molecule has 1 saturated heterocycles. The maximum atomic E-state index is 5.45. The van der Waals surface area contributed by atoms with Gasteiger partial charge in [0.2, 0.25) is 5.89 Å². The van der Waals surface area contributed by atoms with E-state index in [4.69, 9.17) is 4.52 Å². The molecule has 1 saturated carbocycles. The van der Waals surface area contributed by atoms with Crippen LogP contribution >= 0.6 is 11.3 Å². The standard InChI is InChI=1S/C19H20N4OS/c1-2-5-13(6-3-1)16-11-20-19(25-16)23-10-4-7-15(12-23)17-21-18(24-22-17)14-8-9-14/h1-3,5-6,11,14-15H,4,7-10,12H2. The Morgan fingerprint density at radius 2 is 1.96 bits per heavy atom. The lowest BCUT2D eigenvalue weighted by atomic mass is 9.98. The lowest BCUT2D eigenvalue weighted by Gasteiger charge is -2.30. The minimum atomic E-state index is 0.342. The number of hydrogen-bond acceptors (Lipinski definition) is 6. The van der Waals surface area contributed by atoms with Gasteiger partial charge in [0, 0.05) is 31.1 Å². The SMILES string of the molecule is c1ccc(-c2cnc(N3CCCC(c4noc(C5CC5)n4)C3)s2)cc1. The Labute approximate surface area is 150 Å². The van der Waals surface area contributed by atoms with Crippen LogP contribution in [-0.4, -0.2) is 28.2 Å². The van der Waals surface area contributed by atoms with E-state index in [-0.39, 0.29) is 0 Å². The van der Waals surface area contributed by atoms with Crippen LogP contribution in [0.2, 0.25) is 0 Å². The molecular weight excluding hydrogens is 332 g/mol. The van der Waals surface area contributed by atoms with Gasteiger partial charge in [0.15, 0.2) is 11.0 Å². The van der Waals surface area contributed by atoms with Crippen LogP contribution < -0.4 is 4.90 Å². The fraction of sp³-hybridized carbons (Fsp3) is 0.421. The van der Waals surface area contributed by atoms with E-state index < -0.39 is 0 Å². The molecule has 25 heavy (non-hydrogen) atoms. The zero-order chi connectivity index (χ0) is 16.6. The number of anilines is 1. The number of hydrogen-bond donors (Lipinski definition) is 0. The molecule has 2 aromatic heterocycles. The minimum Gasteiger partial charge on any atom is -0.347 e. The van der Waals surface area contributed by atoms with Crippen LogP contribution in [-0.2, 0) is 0 Å². The predicted octanol–water partition coefficient (Wildman–Crippen LogP) is 4.45. The summed E-state index contributed by atoms with van der Waals surface area (Å²) in [5.74, 6) is 2.58. The van der Waals surface area contributed by atoms with Gasteiger partial charge < -0.3 is 9.42 Å². The molecule has 0 spiro atoms. The summed E-state index contributed by atoms with van der Waals surface area (Å²) in [4.78, 5) is 12.9. The first-order valence-corrected chi connectivity index (χ1v) is 9.78. The highest BCUT2D eigenvalue weighted by Crippen LogP contribution is 2.40. The summed E-state index contributed by atoms with van der Waals surface area (Å²) in [6.07, 6.45) is 6.63. The second-order valence-electron chi connectivity index (χ2n) is 6.92. The molecule has 3 heterocycles. The van der Waals surface area contributed by atoms with Crippen LogP contribution in [0.25, 0.3) is 10.4 Å². The van der Waals surface area contributed by atoms with Crippen molar-refractivity contribution < 1.29 is 4.52 Å². The van der Waals surface area contributed by atoms with E-state index in [0.717, 1.165) is 42.8 Å². The molecule has 5 rings (SSSR count). The molecule has 0 amide bonds. The summed E-state index contributed by atoms with van der Waals surface area (Å²) in [5.41, 5.74) is 1.23. The summed E-state index contributed by atoms with van der Waals surface area (Å²) in [6.45, 7) is 1.97. The first-order chi connectivity index (χ1) is 12.4. The van der Waals surface area contributed by atoms with Gasteiger partial charge in [-0.25, -0.2) is 4.98 Å². The van der Waals surface area contributed by atoms with Crippen LogP contribution in [0, 0.1) is 0 Å². The minimum absolute atomic E-state index is 0.342. The zero-order valence-corrected chi connectivity index (χ0v) is 14.8. The van der Waals surface area contributed by atoms with E-state index in [1.807, 2.05) is 12.3 Å². The molecule has 3 aromatic rings. The Bertz CT molecular complexity index is 855. The second kappa shape index (κ2) is 6.26. The molecule has 1 unspecified atom stereocenters. The molecule has 5 nitrogen and oxygen atoms in total. The third-order valence-corrected chi connectivity index (χ3v) is 6.10. The van der Waals surface area contributed by atoms with Crippen molar-refractivity contribution in [3.05, 3.63) is 48.2 Å². The van der Waals surface area contributed by atoms with Crippen molar-refractivity contribution >= 4 is 16.5 Å². The van der Waals surface area contributed by atoms with Gasteiger partial charge in [-0.3, -0.25) is 0 Å². The van der Waals surface area contributed by atoms with Crippen molar-refractivity contribution in [3.63, 3.8) is 0 Å². The van der Waals surface area contributed by atoms with Crippen LogP contribution in [0.3, 0.4) is 0 Å².